The molecular weight excluding hydrogens is 240 g/mol. The van der Waals surface area contributed by atoms with Crippen molar-refractivity contribution in [2.45, 2.75) is 51.9 Å². The maximum absolute atomic E-state index is 2.42. The highest BCUT2D eigenvalue weighted by atomic mass is 14.6. The molecule has 0 heteroatoms. The molecule has 108 valence electrons. The molecule has 1 aromatic rings. The summed E-state index contributed by atoms with van der Waals surface area (Å²) in [6.07, 6.45) is 14.8. The second-order valence-electron chi connectivity index (χ2n) is 6.79. The lowest BCUT2D eigenvalue weighted by Gasteiger charge is -2.12. The lowest BCUT2D eigenvalue weighted by atomic mass is 9.94. The van der Waals surface area contributed by atoms with Gasteiger partial charge in [0.2, 0.25) is 0 Å². The molecule has 0 spiro atoms. The van der Waals surface area contributed by atoms with Crippen molar-refractivity contribution < 1.29 is 0 Å². The van der Waals surface area contributed by atoms with Gasteiger partial charge in [0.25, 0.3) is 0 Å². The minimum Gasteiger partial charge on any atom is -0.0837 e. The van der Waals surface area contributed by atoms with Gasteiger partial charge in [-0.1, -0.05) is 68.7 Å². The van der Waals surface area contributed by atoms with Crippen molar-refractivity contribution in [1.29, 1.82) is 0 Å². The summed E-state index contributed by atoms with van der Waals surface area (Å²) in [6, 6.07) is 10.7. The van der Waals surface area contributed by atoms with Crippen LogP contribution in [0, 0.1) is 23.7 Å². The van der Waals surface area contributed by atoms with Crippen molar-refractivity contribution in [3.8, 4) is 0 Å². The first-order valence-corrected chi connectivity index (χ1v) is 8.61. The fourth-order valence-corrected chi connectivity index (χ4v) is 4.43. The second kappa shape index (κ2) is 6.61. The number of hydrogen-bond acceptors (Lipinski definition) is 0. The fraction of sp³-hybridized carbons (Fsp3) is 0.600. The Morgan fingerprint density at radius 1 is 1.10 bits per heavy atom. The monoisotopic (exact) mass is 268 g/mol. The van der Waals surface area contributed by atoms with E-state index in [0.29, 0.717) is 0 Å². The Hall–Kier alpha value is -1.04. The van der Waals surface area contributed by atoms with Gasteiger partial charge in [-0.05, 0) is 54.9 Å². The maximum atomic E-state index is 2.42. The molecule has 0 amide bonds. The molecule has 2 saturated carbocycles. The number of unbranched alkanes of at least 4 members (excludes halogenated alkanes) is 2. The SMILES string of the molecule is CCCCCC1C2CCC(C/C=C/c3ccccc3)C12. The first-order chi connectivity index (χ1) is 9.90. The van der Waals surface area contributed by atoms with E-state index in [4.69, 9.17) is 0 Å². The lowest BCUT2D eigenvalue weighted by molar-refractivity contribution is 0.415. The van der Waals surface area contributed by atoms with Crippen molar-refractivity contribution >= 4 is 6.08 Å². The van der Waals surface area contributed by atoms with Gasteiger partial charge in [-0.3, -0.25) is 0 Å². The molecule has 0 nitrogen and oxygen atoms in total. The van der Waals surface area contributed by atoms with Crippen LogP contribution in [0.25, 0.3) is 6.08 Å². The first-order valence-electron chi connectivity index (χ1n) is 8.61. The Bertz CT molecular complexity index is 431. The molecule has 0 radical (unpaired) electrons. The van der Waals surface area contributed by atoms with E-state index < -0.39 is 0 Å². The van der Waals surface area contributed by atoms with Crippen molar-refractivity contribution in [3.63, 3.8) is 0 Å². The van der Waals surface area contributed by atoms with E-state index in [-0.39, 0.29) is 0 Å². The molecule has 20 heavy (non-hydrogen) atoms. The van der Waals surface area contributed by atoms with Crippen LogP contribution in [0.15, 0.2) is 36.4 Å². The smallest absolute Gasteiger partial charge is 0.0260 e. The molecule has 3 rings (SSSR count). The molecule has 2 aliphatic carbocycles. The molecule has 2 aliphatic rings. The standard InChI is InChI=1S/C20H28/c1-2-3-5-13-18-19-15-14-17(20(18)19)12-8-11-16-9-6-4-7-10-16/h4,6-11,17-20H,2-3,5,12-15H2,1H3/b11-8+. The molecule has 0 aliphatic heterocycles. The second-order valence-corrected chi connectivity index (χ2v) is 6.79. The molecule has 4 unspecified atom stereocenters. The van der Waals surface area contributed by atoms with Gasteiger partial charge in [-0.2, -0.15) is 0 Å². The van der Waals surface area contributed by atoms with Crippen molar-refractivity contribution in [3.05, 3.63) is 42.0 Å². The highest BCUT2D eigenvalue weighted by Gasteiger charge is 2.56. The van der Waals surface area contributed by atoms with Crippen LogP contribution in [0.5, 0.6) is 0 Å². The van der Waals surface area contributed by atoms with E-state index in [1.165, 1.54) is 50.5 Å². The third-order valence-electron chi connectivity index (χ3n) is 5.50. The van der Waals surface area contributed by atoms with E-state index in [0.717, 1.165) is 23.7 Å². The van der Waals surface area contributed by atoms with E-state index >= 15 is 0 Å². The molecule has 1 aromatic carbocycles. The minimum absolute atomic E-state index is 0.992. The number of benzene rings is 1. The summed E-state index contributed by atoms with van der Waals surface area (Å²) in [5.41, 5.74) is 1.34. The molecule has 4 atom stereocenters. The van der Waals surface area contributed by atoms with E-state index in [2.05, 4.69) is 49.4 Å². The minimum atomic E-state index is 0.992. The number of rotatable bonds is 7. The Balaban J connectivity index is 1.44. The average molecular weight is 268 g/mol. The van der Waals surface area contributed by atoms with Gasteiger partial charge in [-0.15, -0.1) is 0 Å². The zero-order chi connectivity index (χ0) is 13.8. The number of allylic oxidation sites excluding steroid dienone is 1. The Morgan fingerprint density at radius 2 is 1.95 bits per heavy atom. The van der Waals surface area contributed by atoms with Crippen LogP contribution in [0.4, 0.5) is 0 Å². The van der Waals surface area contributed by atoms with Crippen LogP contribution in [-0.4, -0.2) is 0 Å². The van der Waals surface area contributed by atoms with Crippen LogP contribution >= 0.6 is 0 Å². The highest BCUT2D eigenvalue weighted by Crippen LogP contribution is 2.63. The Labute approximate surface area is 124 Å². The predicted molar refractivity (Wildman–Crippen MR) is 87.4 cm³/mol. The Morgan fingerprint density at radius 3 is 2.75 bits per heavy atom. The third kappa shape index (κ3) is 3.16. The predicted octanol–water partition coefficient (Wildman–Crippen LogP) is 5.94. The summed E-state index contributed by atoms with van der Waals surface area (Å²) in [4.78, 5) is 0. The largest absolute Gasteiger partial charge is 0.0837 e. The van der Waals surface area contributed by atoms with Gasteiger partial charge in [-0.25, -0.2) is 0 Å². The third-order valence-corrected chi connectivity index (χ3v) is 5.50. The zero-order valence-corrected chi connectivity index (χ0v) is 12.8. The first kappa shape index (κ1) is 13.9. The summed E-state index contributed by atoms with van der Waals surface area (Å²) in [6.45, 7) is 2.31. The topological polar surface area (TPSA) is 0 Å². The van der Waals surface area contributed by atoms with Crippen molar-refractivity contribution in [1.82, 2.24) is 0 Å². The number of fused-ring (bicyclic) bond motifs is 1. The maximum Gasteiger partial charge on any atom is -0.0260 e. The van der Waals surface area contributed by atoms with Gasteiger partial charge in [0.15, 0.2) is 0 Å². The van der Waals surface area contributed by atoms with Crippen LogP contribution in [0.2, 0.25) is 0 Å². The summed E-state index contributed by atoms with van der Waals surface area (Å²) < 4.78 is 0. The summed E-state index contributed by atoms with van der Waals surface area (Å²) in [5, 5.41) is 0. The molecular formula is C20H28. The van der Waals surface area contributed by atoms with E-state index in [9.17, 15) is 0 Å². The molecule has 2 fully saturated rings. The van der Waals surface area contributed by atoms with Gasteiger partial charge in [0, 0.05) is 0 Å². The van der Waals surface area contributed by atoms with Crippen LogP contribution in [-0.2, 0) is 0 Å². The van der Waals surface area contributed by atoms with E-state index in [1.807, 2.05) is 0 Å². The summed E-state index contributed by atoms with van der Waals surface area (Å²) in [5.74, 6) is 4.30. The van der Waals surface area contributed by atoms with Gasteiger partial charge in [0.1, 0.15) is 0 Å². The highest BCUT2D eigenvalue weighted by molar-refractivity contribution is 5.48. The number of hydrogen-bond donors (Lipinski definition) is 0. The fourth-order valence-electron chi connectivity index (χ4n) is 4.43. The van der Waals surface area contributed by atoms with Gasteiger partial charge >= 0.3 is 0 Å². The van der Waals surface area contributed by atoms with Crippen LogP contribution in [0.3, 0.4) is 0 Å². The molecule has 0 saturated heterocycles. The quantitative estimate of drug-likeness (QED) is 0.537. The lowest BCUT2D eigenvalue weighted by Crippen LogP contribution is -2.01. The Kier molecular flexibility index (Phi) is 4.60. The summed E-state index contributed by atoms with van der Waals surface area (Å²) in [7, 11) is 0. The van der Waals surface area contributed by atoms with Crippen molar-refractivity contribution in [2.24, 2.45) is 23.7 Å². The van der Waals surface area contributed by atoms with Crippen molar-refractivity contribution in [2.75, 3.05) is 0 Å². The van der Waals surface area contributed by atoms with Crippen LogP contribution < -0.4 is 0 Å². The van der Waals surface area contributed by atoms with E-state index in [1.54, 1.807) is 0 Å². The molecule has 0 N–H and O–H groups in total. The summed E-state index contributed by atoms with van der Waals surface area (Å²) >= 11 is 0. The molecule has 0 aromatic heterocycles. The molecule has 0 bridgehead atoms. The normalized spacial score (nSPS) is 31.6. The van der Waals surface area contributed by atoms with Gasteiger partial charge in [0.05, 0.1) is 0 Å². The molecule has 0 heterocycles. The average Bonchev–Trinajstić information content (AvgIpc) is 3.00. The van der Waals surface area contributed by atoms with Crippen LogP contribution in [0.1, 0.15) is 57.4 Å². The van der Waals surface area contributed by atoms with Gasteiger partial charge < -0.3 is 0 Å². The zero-order valence-electron chi connectivity index (χ0n) is 12.8.